The van der Waals surface area contributed by atoms with Crippen molar-refractivity contribution < 1.29 is 9.59 Å². The molecular formula is C32H39N3O2S. The second-order valence-electron chi connectivity index (χ2n) is 11.9. The van der Waals surface area contributed by atoms with Crippen LogP contribution >= 0.6 is 11.3 Å². The van der Waals surface area contributed by atoms with E-state index in [1.54, 1.807) is 11.3 Å². The second-order valence-corrected chi connectivity index (χ2v) is 13.0. The van der Waals surface area contributed by atoms with Crippen molar-refractivity contribution in [3.63, 3.8) is 0 Å². The number of thiophene rings is 1. The van der Waals surface area contributed by atoms with Gasteiger partial charge in [-0.2, -0.15) is 0 Å². The molecule has 6 heteroatoms. The summed E-state index contributed by atoms with van der Waals surface area (Å²) in [6, 6.07) is 18.1. The first-order valence-corrected chi connectivity index (χ1v) is 14.6. The topological polar surface area (TPSA) is 52.7 Å². The molecule has 1 N–H and O–H groups in total. The molecule has 0 saturated carbocycles. The highest BCUT2D eigenvalue weighted by atomic mass is 32.1. The number of hydrogen-bond acceptors (Lipinski definition) is 4. The number of nitrogens with zero attached hydrogens (tertiary/aromatic N) is 2. The highest BCUT2D eigenvalue weighted by molar-refractivity contribution is 7.17. The number of nitrogens with one attached hydrogen (secondary N) is 1. The van der Waals surface area contributed by atoms with Gasteiger partial charge in [0.25, 0.3) is 11.8 Å². The lowest BCUT2D eigenvalue weighted by Gasteiger charge is -2.36. The largest absolute Gasteiger partial charge is 0.336 e. The van der Waals surface area contributed by atoms with Gasteiger partial charge in [-0.05, 0) is 60.8 Å². The highest BCUT2D eigenvalue weighted by Crippen LogP contribution is 2.44. The third-order valence-corrected chi connectivity index (χ3v) is 9.32. The van der Waals surface area contributed by atoms with Crippen LogP contribution in [0.4, 0.5) is 5.00 Å². The van der Waals surface area contributed by atoms with E-state index in [-0.39, 0.29) is 17.2 Å². The molecule has 1 aliphatic carbocycles. The Labute approximate surface area is 230 Å². The summed E-state index contributed by atoms with van der Waals surface area (Å²) in [5.74, 6) is 0.478. The minimum atomic E-state index is -0.155. The zero-order valence-corrected chi connectivity index (χ0v) is 23.9. The molecule has 0 bridgehead atoms. The second kappa shape index (κ2) is 11.0. The highest BCUT2D eigenvalue weighted by Gasteiger charge is 2.36. The normalized spacial score (nSPS) is 18.2. The number of hydrogen-bond donors (Lipinski definition) is 1. The molecule has 5 rings (SSSR count). The summed E-state index contributed by atoms with van der Waals surface area (Å²) >= 11 is 1.61. The van der Waals surface area contributed by atoms with Crippen molar-refractivity contribution in [3.8, 4) is 0 Å². The van der Waals surface area contributed by atoms with Gasteiger partial charge in [0.05, 0.1) is 5.56 Å². The maximum atomic E-state index is 14.0. The predicted octanol–water partition coefficient (Wildman–Crippen LogP) is 6.42. The van der Waals surface area contributed by atoms with E-state index in [2.05, 4.69) is 55.3 Å². The predicted molar refractivity (Wildman–Crippen MR) is 156 cm³/mol. The van der Waals surface area contributed by atoms with Gasteiger partial charge in [-0.3, -0.25) is 14.5 Å². The van der Waals surface area contributed by atoms with Crippen LogP contribution < -0.4 is 5.32 Å². The Morgan fingerprint density at radius 3 is 2.32 bits per heavy atom. The van der Waals surface area contributed by atoms with E-state index in [1.165, 1.54) is 10.4 Å². The van der Waals surface area contributed by atoms with Crippen molar-refractivity contribution in [2.75, 3.05) is 31.5 Å². The fraction of sp³-hybridized carbons (Fsp3) is 0.438. The lowest BCUT2D eigenvalue weighted by molar-refractivity contribution is 0.0628. The number of carbonyl (C=O) groups is 2. The molecule has 1 atom stereocenters. The van der Waals surface area contributed by atoms with E-state index in [9.17, 15) is 9.59 Å². The summed E-state index contributed by atoms with van der Waals surface area (Å²) in [6.45, 7) is 12.9. The first-order valence-electron chi connectivity index (χ1n) is 13.8. The van der Waals surface area contributed by atoms with Crippen molar-refractivity contribution in [2.45, 2.75) is 53.5 Å². The summed E-state index contributed by atoms with van der Waals surface area (Å²) in [6.07, 6.45) is 2.93. The molecule has 1 unspecified atom stereocenters. The van der Waals surface area contributed by atoms with Crippen molar-refractivity contribution in [1.29, 1.82) is 0 Å². The summed E-state index contributed by atoms with van der Waals surface area (Å²) in [4.78, 5) is 32.9. The maximum Gasteiger partial charge on any atom is 0.257 e. The molecule has 3 aromatic rings. The number of piperazine rings is 1. The third-order valence-electron chi connectivity index (χ3n) is 8.15. The van der Waals surface area contributed by atoms with Crippen LogP contribution in [0, 0.1) is 18.3 Å². The van der Waals surface area contributed by atoms with E-state index in [0.29, 0.717) is 29.6 Å². The van der Waals surface area contributed by atoms with E-state index in [4.69, 9.17) is 0 Å². The Morgan fingerprint density at radius 1 is 0.974 bits per heavy atom. The van der Waals surface area contributed by atoms with Gasteiger partial charge < -0.3 is 10.2 Å². The first kappa shape index (κ1) is 26.6. The standard InChI is InChI=1S/C32H39N3O2S/c1-22-10-12-24(13-11-22)29(36)33-30-28(26-15-14-25(32(2,3)4)20-27(26)38-30)31(37)35-18-16-34(17-19-35)21-23-8-6-5-7-9-23/h5-13,25H,14-21H2,1-4H3,(H,33,36). The maximum absolute atomic E-state index is 14.0. The summed E-state index contributed by atoms with van der Waals surface area (Å²) in [5, 5.41) is 3.85. The van der Waals surface area contributed by atoms with Gasteiger partial charge in [-0.25, -0.2) is 0 Å². The lowest BCUT2D eigenvalue weighted by Crippen LogP contribution is -2.48. The van der Waals surface area contributed by atoms with Gasteiger partial charge in [0.2, 0.25) is 0 Å². The Kier molecular flexibility index (Phi) is 7.73. The zero-order valence-electron chi connectivity index (χ0n) is 23.0. The van der Waals surface area contributed by atoms with E-state index >= 15 is 0 Å². The van der Waals surface area contributed by atoms with Crippen molar-refractivity contribution in [3.05, 3.63) is 87.3 Å². The molecule has 38 heavy (non-hydrogen) atoms. The van der Waals surface area contributed by atoms with Crippen LogP contribution in [0.3, 0.4) is 0 Å². The molecule has 1 aliphatic heterocycles. The lowest BCUT2D eigenvalue weighted by atomic mass is 9.72. The molecule has 1 saturated heterocycles. The van der Waals surface area contributed by atoms with Gasteiger partial charge in [0.15, 0.2) is 0 Å². The number of fused-ring (bicyclic) bond motifs is 1. The van der Waals surface area contributed by atoms with Crippen molar-refractivity contribution >= 4 is 28.2 Å². The molecule has 0 radical (unpaired) electrons. The number of amides is 2. The third kappa shape index (κ3) is 5.87. The molecule has 2 aliphatic rings. The van der Waals surface area contributed by atoms with Crippen LogP contribution in [0.25, 0.3) is 0 Å². The van der Waals surface area contributed by atoms with Crippen LogP contribution in [0.1, 0.15) is 69.5 Å². The van der Waals surface area contributed by atoms with Gasteiger partial charge in [-0.15, -0.1) is 11.3 Å². The number of anilines is 1. The quantitative estimate of drug-likeness (QED) is 0.415. The van der Waals surface area contributed by atoms with E-state index < -0.39 is 0 Å². The number of rotatable bonds is 5. The van der Waals surface area contributed by atoms with Crippen molar-refractivity contribution in [2.24, 2.45) is 11.3 Å². The molecule has 200 valence electrons. The molecule has 2 aromatic carbocycles. The van der Waals surface area contributed by atoms with Gasteiger partial charge in [0, 0.05) is 43.2 Å². The zero-order chi connectivity index (χ0) is 26.9. The summed E-state index contributed by atoms with van der Waals surface area (Å²) in [7, 11) is 0. The molecular weight excluding hydrogens is 490 g/mol. The van der Waals surface area contributed by atoms with Crippen LogP contribution in [0.2, 0.25) is 0 Å². The molecule has 5 nitrogen and oxygen atoms in total. The van der Waals surface area contributed by atoms with E-state index in [1.807, 2.05) is 42.2 Å². The average molecular weight is 530 g/mol. The van der Waals surface area contributed by atoms with Crippen LogP contribution in [-0.2, 0) is 19.4 Å². The fourth-order valence-corrected chi connectivity index (χ4v) is 6.94. The fourth-order valence-electron chi connectivity index (χ4n) is 5.63. The Morgan fingerprint density at radius 2 is 1.66 bits per heavy atom. The molecule has 2 amide bonds. The molecule has 1 aromatic heterocycles. The van der Waals surface area contributed by atoms with Crippen LogP contribution in [0.15, 0.2) is 54.6 Å². The van der Waals surface area contributed by atoms with Crippen LogP contribution in [-0.4, -0.2) is 47.8 Å². The molecule has 2 heterocycles. The van der Waals surface area contributed by atoms with Gasteiger partial charge in [-0.1, -0.05) is 68.8 Å². The average Bonchev–Trinajstić information content (AvgIpc) is 3.26. The summed E-state index contributed by atoms with van der Waals surface area (Å²) < 4.78 is 0. The van der Waals surface area contributed by atoms with Gasteiger partial charge >= 0.3 is 0 Å². The smallest absolute Gasteiger partial charge is 0.257 e. The first-order chi connectivity index (χ1) is 18.2. The number of aryl methyl sites for hydroxylation is 1. The molecule has 1 fully saturated rings. The summed E-state index contributed by atoms with van der Waals surface area (Å²) in [5.41, 5.74) is 5.13. The monoisotopic (exact) mass is 529 g/mol. The SMILES string of the molecule is Cc1ccc(C(=O)Nc2sc3c(c2C(=O)N2CCN(Cc4ccccc4)CC2)CCC(C(C)(C)C)C3)cc1. The van der Waals surface area contributed by atoms with E-state index in [0.717, 1.165) is 55.6 Å². The number of benzene rings is 2. The van der Waals surface area contributed by atoms with Crippen molar-refractivity contribution in [1.82, 2.24) is 9.80 Å². The van der Waals surface area contributed by atoms with Gasteiger partial charge in [0.1, 0.15) is 5.00 Å². The Hall–Kier alpha value is -2.96. The molecule has 0 spiro atoms. The minimum absolute atomic E-state index is 0.0651. The number of carbonyl (C=O) groups excluding carboxylic acids is 2. The van der Waals surface area contributed by atoms with Crippen LogP contribution in [0.5, 0.6) is 0 Å². The Bertz CT molecular complexity index is 1280. The minimum Gasteiger partial charge on any atom is -0.336 e. The Balaban J connectivity index is 1.37.